The number of hydrogen-bond donors (Lipinski definition) is 3. The minimum atomic E-state index is -0.387. The predicted octanol–water partition coefficient (Wildman–Crippen LogP) is 0.199. The number of amides is 5. The van der Waals surface area contributed by atoms with Gasteiger partial charge in [0.05, 0.1) is 125 Å². The average Bonchev–Trinajstić information content (AvgIpc) is 3.48. The molecule has 0 radical (unpaired) electrons. The van der Waals surface area contributed by atoms with E-state index < -0.39 is 0 Å². The van der Waals surface area contributed by atoms with E-state index in [9.17, 15) is 24.0 Å². The first-order valence-electron chi connectivity index (χ1n) is 18.0. The first-order chi connectivity index (χ1) is 26.3. The molecule has 0 atom stereocenters. The second-order valence-electron chi connectivity index (χ2n) is 11.3. The van der Waals surface area contributed by atoms with Crippen LogP contribution in [0, 0.1) is 0 Å². The van der Waals surface area contributed by atoms with Crippen LogP contribution >= 0.6 is 0 Å². The highest BCUT2D eigenvalue weighted by Crippen LogP contribution is 2.16. The number of hydrogen-bond acceptors (Lipinski definition) is 14. The topological polar surface area (TPSA) is 208 Å². The fourth-order valence-corrected chi connectivity index (χ4v) is 4.43. The van der Waals surface area contributed by atoms with Gasteiger partial charge in [0.25, 0.3) is 23.6 Å². The van der Waals surface area contributed by atoms with Gasteiger partial charge in [-0.05, 0) is 25.1 Å². The van der Waals surface area contributed by atoms with Gasteiger partial charge in [-0.1, -0.05) is 0 Å². The lowest BCUT2D eigenvalue weighted by molar-refractivity contribution is -0.137. The quantitative estimate of drug-likeness (QED) is 0.0633. The Kier molecular flexibility index (Phi) is 26.1. The number of carbonyl (C=O) groups is 5. The molecule has 0 saturated carbocycles. The highest BCUT2D eigenvalue weighted by Gasteiger charge is 2.22. The maximum absolute atomic E-state index is 12.5. The molecule has 0 spiro atoms. The Bertz CT molecular complexity index is 1260. The molecule has 0 fully saturated rings. The number of nitrogens with zero attached hydrogens (tertiary/aromatic N) is 1. The highest BCUT2D eigenvalue weighted by molar-refractivity contribution is 6.12. The normalized spacial score (nSPS) is 12.4. The van der Waals surface area contributed by atoms with E-state index in [4.69, 9.17) is 42.6 Å². The first-order valence-corrected chi connectivity index (χ1v) is 18.0. The molecule has 1 heterocycles. The Balaban J connectivity index is 1.34. The van der Waals surface area contributed by atoms with Crippen LogP contribution in [0.4, 0.5) is 5.69 Å². The maximum Gasteiger partial charge on any atom is 0.253 e. The van der Waals surface area contributed by atoms with Crippen molar-refractivity contribution in [3.63, 3.8) is 0 Å². The second-order valence-corrected chi connectivity index (χ2v) is 11.3. The van der Waals surface area contributed by atoms with E-state index in [-0.39, 0.29) is 66.8 Å². The summed E-state index contributed by atoms with van der Waals surface area (Å²) < 4.78 is 48.5. The molecule has 1 aliphatic rings. The van der Waals surface area contributed by atoms with Crippen LogP contribution in [0.15, 0.2) is 30.4 Å². The summed E-state index contributed by atoms with van der Waals surface area (Å²) in [4.78, 5) is 61.4. The van der Waals surface area contributed by atoms with Crippen LogP contribution in [0.2, 0.25) is 0 Å². The van der Waals surface area contributed by atoms with Crippen LogP contribution in [-0.4, -0.2) is 173 Å². The van der Waals surface area contributed by atoms with E-state index in [1.807, 2.05) is 0 Å². The molecule has 0 aromatic heterocycles. The van der Waals surface area contributed by atoms with Gasteiger partial charge in [-0.3, -0.25) is 28.9 Å². The molecular formula is C36H56N4O14. The fourth-order valence-electron chi connectivity index (χ4n) is 4.43. The molecule has 1 aliphatic heterocycles. The first kappa shape index (κ1) is 46.3. The SMILES string of the molecule is CCNC(=O)c1cc(NC(=O)CCOCCOCCOCCOCCOCCOCCOCCOCCN2C(=O)C=CC2=O)cc(C(=O)NCCOC)c1. The highest BCUT2D eigenvalue weighted by atomic mass is 16.6. The standard InChI is InChI=1S/C36H56N4O14/c1-3-37-35(44)29-26-30(36(45)38-7-10-46-2)28-31(27-29)39-32(41)6-9-47-12-14-49-16-18-51-20-22-53-24-25-54-23-21-52-19-17-50-15-13-48-11-8-40-33(42)4-5-34(40)43/h4-5,26-28H,3,6-25H2,1-2H3,(H,37,44)(H,38,45)(H,39,41). The minimum Gasteiger partial charge on any atom is -0.383 e. The van der Waals surface area contributed by atoms with Gasteiger partial charge in [0.15, 0.2) is 0 Å². The average molecular weight is 769 g/mol. The Morgan fingerprint density at radius 1 is 0.556 bits per heavy atom. The van der Waals surface area contributed by atoms with Gasteiger partial charge in [-0.2, -0.15) is 0 Å². The molecule has 1 aromatic carbocycles. The molecule has 2 rings (SSSR count). The van der Waals surface area contributed by atoms with Crippen molar-refractivity contribution in [1.82, 2.24) is 15.5 Å². The van der Waals surface area contributed by atoms with Crippen molar-refractivity contribution >= 4 is 35.2 Å². The summed E-state index contributed by atoms with van der Waals surface area (Å²) in [7, 11) is 1.53. The molecule has 0 unspecified atom stereocenters. The lowest BCUT2D eigenvalue weighted by Gasteiger charge is -2.13. The van der Waals surface area contributed by atoms with E-state index in [0.717, 1.165) is 4.90 Å². The van der Waals surface area contributed by atoms with E-state index in [0.29, 0.717) is 118 Å². The molecule has 18 heteroatoms. The second kappa shape index (κ2) is 30.5. The van der Waals surface area contributed by atoms with Crippen molar-refractivity contribution in [1.29, 1.82) is 0 Å². The summed E-state index contributed by atoms with van der Waals surface area (Å²) in [5.74, 6) is -1.71. The predicted molar refractivity (Wildman–Crippen MR) is 194 cm³/mol. The van der Waals surface area contributed by atoms with Crippen molar-refractivity contribution in [3.05, 3.63) is 41.5 Å². The molecule has 1 aromatic rings. The van der Waals surface area contributed by atoms with Gasteiger partial charge in [-0.25, -0.2) is 0 Å². The summed E-state index contributed by atoms with van der Waals surface area (Å²) in [6.45, 7) is 9.13. The summed E-state index contributed by atoms with van der Waals surface area (Å²) in [5.41, 5.74) is 0.823. The van der Waals surface area contributed by atoms with Crippen molar-refractivity contribution in [2.24, 2.45) is 0 Å². The van der Waals surface area contributed by atoms with Crippen LogP contribution in [0.3, 0.4) is 0 Å². The van der Waals surface area contributed by atoms with Gasteiger partial charge in [0.2, 0.25) is 5.91 Å². The maximum atomic E-state index is 12.5. The summed E-state index contributed by atoms with van der Waals surface area (Å²) in [6, 6.07) is 4.50. The molecule has 0 saturated heterocycles. The van der Waals surface area contributed by atoms with E-state index in [1.165, 1.54) is 37.5 Å². The van der Waals surface area contributed by atoms with Crippen molar-refractivity contribution in [2.75, 3.05) is 144 Å². The Labute approximate surface area is 316 Å². The van der Waals surface area contributed by atoms with Crippen LogP contribution in [-0.2, 0) is 57.0 Å². The molecule has 304 valence electrons. The summed E-state index contributed by atoms with van der Waals surface area (Å²) in [5, 5.41) is 8.12. The number of carbonyl (C=O) groups excluding carboxylic acids is 5. The third kappa shape index (κ3) is 21.8. The van der Waals surface area contributed by atoms with Crippen LogP contribution < -0.4 is 16.0 Å². The molecule has 3 N–H and O–H groups in total. The van der Waals surface area contributed by atoms with E-state index in [1.54, 1.807) is 6.92 Å². The molecule has 0 bridgehead atoms. The van der Waals surface area contributed by atoms with Gasteiger partial charge in [0, 0.05) is 49.2 Å². The number of ether oxygens (including phenoxy) is 9. The zero-order valence-corrected chi connectivity index (χ0v) is 31.4. The molecular weight excluding hydrogens is 712 g/mol. The van der Waals surface area contributed by atoms with Gasteiger partial charge in [-0.15, -0.1) is 0 Å². The molecule has 5 amide bonds. The van der Waals surface area contributed by atoms with Gasteiger partial charge >= 0.3 is 0 Å². The van der Waals surface area contributed by atoms with Crippen LogP contribution in [0.25, 0.3) is 0 Å². The third-order valence-corrected chi connectivity index (χ3v) is 7.11. The monoisotopic (exact) mass is 768 g/mol. The number of rotatable bonds is 34. The molecule has 54 heavy (non-hydrogen) atoms. The fraction of sp³-hybridized carbons (Fsp3) is 0.639. The van der Waals surface area contributed by atoms with E-state index >= 15 is 0 Å². The van der Waals surface area contributed by atoms with Gasteiger partial charge in [0.1, 0.15) is 0 Å². The largest absolute Gasteiger partial charge is 0.383 e. The number of imide groups is 1. The number of anilines is 1. The van der Waals surface area contributed by atoms with Crippen molar-refractivity contribution < 1.29 is 66.6 Å². The molecule has 18 nitrogen and oxygen atoms in total. The Morgan fingerprint density at radius 3 is 1.39 bits per heavy atom. The van der Waals surface area contributed by atoms with Crippen LogP contribution in [0.1, 0.15) is 34.1 Å². The number of methoxy groups -OCH3 is 1. The van der Waals surface area contributed by atoms with Crippen LogP contribution in [0.5, 0.6) is 0 Å². The smallest absolute Gasteiger partial charge is 0.253 e. The minimum absolute atomic E-state index is 0.0765. The lowest BCUT2D eigenvalue weighted by atomic mass is 10.1. The van der Waals surface area contributed by atoms with Crippen molar-refractivity contribution in [3.8, 4) is 0 Å². The van der Waals surface area contributed by atoms with Gasteiger partial charge < -0.3 is 58.6 Å². The molecule has 0 aliphatic carbocycles. The zero-order valence-electron chi connectivity index (χ0n) is 31.4. The zero-order chi connectivity index (χ0) is 39.1. The lowest BCUT2D eigenvalue weighted by Crippen LogP contribution is -2.33. The summed E-state index contributed by atoms with van der Waals surface area (Å²) >= 11 is 0. The number of benzene rings is 1. The van der Waals surface area contributed by atoms with Crippen molar-refractivity contribution in [2.45, 2.75) is 13.3 Å². The Hall–Kier alpha value is -3.85. The Morgan fingerprint density at radius 2 is 0.963 bits per heavy atom. The number of nitrogens with one attached hydrogen (secondary N) is 3. The van der Waals surface area contributed by atoms with E-state index in [2.05, 4.69) is 16.0 Å². The summed E-state index contributed by atoms with van der Waals surface area (Å²) in [6.07, 6.45) is 2.57. The third-order valence-electron chi connectivity index (χ3n) is 7.11.